The number of thiophene rings is 1. The van der Waals surface area contributed by atoms with Crippen LogP contribution in [-0.2, 0) is 0 Å². The quantitative estimate of drug-likeness (QED) is 0.545. The molecule has 0 aliphatic heterocycles. The van der Waals surface area contributed by atoms with Crippen LogP contribution in [0.1, 0.15) is 17.8 Å². The molecule has 0 bridgehead atoms. The van der Waals surface area contributed by atoms with E-state index in [0.29, 0.717) is 0 Å². The first-order chi connectivity index (χ1) is 10.1. The highest BCUT2D eigenvalue weighted by atomic mass is 32.1. The van der Waals surface area contributed by atoms with E-state index in [1.54, 1.807) is 23.5 Å². The van der Waals surface area contributed by atoms with Gasteiger partial charge in [0.25, 0.3) is 5.69 Å². The second kappa shape index (κ2) is 5.54. The predicted molar refractivity (Wildman–Crippen MR) is 87.0 cm³/mol. The van der Waals surface area contributed by atoms with Gasteiger partial charge >= 0.3 is 0 Å². The molecule has 3 rings (SSSR count). The van der Waals surface area contributed by atoms with E-state index in [1.807, 2.05) is 18.2 Å². The first-order valence-corrected chi connectivity index (χ1v) is 7.44. The number of hydrogen-bond acceptors (Lipinski definition) is 4. The van der Waals surface area contributed by atoms with Gasteiger partial charge in [-0.15, -0.1) is 11.3 Å². The average molecular weight is 298 g/mol. The lowest BCUT2D eigenvalue weighted by atomic mass is 10.2. The van der Waals surface area contributed by atoms with Crippen LogP contribution < -0.4 is 5.32 Å². The molecule has 0 aliphatic rings. The van der Waals surface area contributed by atoms with E-state index in [-0.39, 0.29) is 16.7 Å². The molecule has 0 spiro atoms. The van der Waals surface area contributed by atoms with Gasteiger partial charge in [-0.05, 0) is 30.5 Å². The average Bonchev–Trinajstić information content (AvgIpc) is 2.91. The maximum absolute atomic E-state index is 10.8. The third-order valence-electron chi connectivity index (χ3n) is 3.31. The maximum atomic E-state index is 10.8. The fraction of sp³-hybridized carbons (Fsp3) is 0.125. The highest BCUT2D eigenvalue weighted by Gasteiger charge is 2.11. The molecule has 0 aliphatic carbocycles. The number of nitrogens with zero attached hydrogens (tertiary/aromatic N) is 1. The molecule has 0 fully saturated rings. The van der Waals surface area contributed by atoms with Crippen LogP contribution in [0.4, 0.5) is 11.4 Å². The van der Waals surface area contributed by atoms with Crippen molar-refractivity contribution >= 4 is 32.8 Å². The summed E-state index contributed by atoms with van der Waals surface area (Å²) in [5.74, 6) is 0. The van der Waals surface area contributed by atoms with Gasteiger partial charge in [-0.2, -0.15) is 0 Å². The van der Waals surface area contributed by atoms with Crippen molar-refractivity contribution in [3.63, 3.8) is 0 Å². The highest BCUT2D eigenvalue weighted by molar-refractivity contribution is 7.19. The van der Waals surface area contributed by atoms with Gasteiger partial charge in [0.1, 0.15) is 0 Å². The molecule has 0 saturated heterocycles. The Kier molecular flexibility index (Phi) is 3.58. The number of benzene rings is 2. The number of nitro groups is 1. The summed E-state index contributed by atoms with van der Waals surface area (Å²) in [4.78, 5) is 11.6. The van der Waals surface area contributed by atoms with Gasteiger partial charge in [0.2, 0.25) is 0 Å². The Hall–Kier alpha value is -2.40. The summed E-state index contributed by atoms with van der Waals surface area (Å²) in [5.41, 5.74) is 0.859. The van der Waals surface area contributed by atoms with Gasteiger partial charge in [0.15, 0.2) is 0 Å². The summed E-state index contributed by atoms with van der Waals surface area (Å²) in [7, 11) is 0. The minimum atomic E-state index is -0.380. The van der Waals surface area contributed by atoms with Crippen molar-refractivity contribution in [3.8, 4) is 0 Å². The van der Waals surface area contributed by atoms with Crippen LogP contribution in [0.5, 0.6) is 0 Å². The Morgan fingerprint density at radius 1 is 1.14 bits per heavy atom. The molecule has 1 atom stereocenters. The van der Waals surface area contributed by atoms with Crippen LogP contribution in [0.15, 0.2) is 54.6 Å². The first kappa shape index (κ1) is 13.6. The zero-order valence-corrected chi connectivity index (χ0v) is 12.3. The maximum Gasteiger partial charge on any atom is 0.271 e. The van der Waals surface area contributed by atoms with E-state index in [1.165, 1.54) is 21.0 Å². The van der Waals surface area contributed by atoms with E-state index in [9.17, 15) is 10.1 Å². The number of rotatable bonds is 4. The summed E-state index contributed by atoms with van der Waals surface area (Å²) in [6.07, 6.45) is 0. The molecule has 1 N–H and O–H groups in total. The first-order valence-electron chi connectivity index (χ1n) is 6.63. The molecule has 106 valence electrons. The third-order valence-corrected chi connectivity index (χ3v) is 4.61. The minimum Gasteiger partial charge on any atom is -0.378 e. The zero-order valence-electron chi connectivity index (χ0n) is 11.4. The van der Waals surface area contributed by atoms with E-state index < -0.39 is 0 Å². The normalized spacial score (nSPS) is 12.2. The van der Waals surface area contributed by atoms with Gasteiger partial charge < -0.3 is 5.32 Å². The van der Waals surface area contributed by atoms with Crippen molar-refractivity contribution < 1.29 is 4.92 Å². The lowest BCUT2D eigenvalue weighted by Gasteiger charge is -2.13. The standard InChI is InChI=1S/C16H14N2O2S/c1-11(16-9-12-5-2-3-8-15(12)21-16)17-13-6-4-7-14(10-13)18(19)20/h2-11,17H,1H3. The Labute approximate surface area is 126 Å². The Morgan fingerprint density at radius 3 is 2.71 bits per heavy atom. The molecule has 3 aromatic rings. The molecule has 2 aromatic carbocycles. The van der Waals surface area contributed by atoms with Gasteiger partial charge in [-0.1, -0.05) is 24.3 Å². The van der Waals surface area contributed by atoms with Crippen molar-refractivity contribution in [2.24, 2.45) is 0 Å². The summed E-state index contributed by atoms with van der Waals surface area (Å²) < 4.78 is 1.25. The lowest BCUT2D eigenvalue weighted by Crippen LogP contribution is -2.04. The van der Waals surface area contributed by atoms with Crippen LogP contribution in [0.25, 0.3) is 10.1 Å². The fourth-order valence-corrected chi connectivity index (χ4v) is 3.31. The SMILES string of the molecule is CC(Nc1cccc([N+](=O)[O-])c1)c1cc2ccccc2s1. The largest absolute Gasteiger partial charge is 0.378 e. The zero-order chi connectivity index (χ0) is 14.8. The monoisotopic (exact) mass is 298 g/mol. The van der Waals surface area contributed by atoms with Crippen molar-refractivity contribution in [1.82, 2.24) is 0 Å². The molecule has 1 heterocycles. The van der Waals surface area contributed by atoms with Crippen molar-refractivity contribution in [1.29, 1.82) is 0 Å². The predicted octanol–water partition coefficient (Wildman–Crippen LogP) is 4.98. The van der Waals surface area contributed by atoms with E-state index in [2.05, 4.69) is 30.4 Å². The molecule has 1 aromatic heterocycles. The number of nitrogens with one attached hydrogen (secondary N) is 1. The topological polar surface area (TPSA) is 55.2 Å². The Morgan fingerprint density at radius 2 is 1.95 bits per heavy atom. The van der Waals surface area contributed by atoms with E-state index >= 15 is 0 Å². The molecule has 21 heavy (non-hydrogen) atoms. The third kappa shape index (κ3) is 2.87. The van der Waals surface area contributed by atoms with Crippen LogP contribution in [-0.4, -0.2) is 4.92 Å². The molecule has 0 radical (unpaired) electrons. The van der Waals surface area contributed by atoms with Crippen molar-refractivity contribution in [3.05, 3.63) is 69.6 Å². The smallest absolute Gasteiger partial charge is 0.271 e. The molecule has 1 unspecified atom stereocenters. The Balaban J connectivity index is 1.84. The second-order valence-corrected chi connectivity index (χ2v) is 5.98. The number of fused-ring (bicyclic) bond motifs is 1. The minimum absolute atomic E-state index is 0.101. The molecule has 0 saturated carbocycles. The van der Waals surface area contributed by atoms with Crippen LogP contribution >= 0.6 is 11.3 Å². The highest BCUT2D eigenvalue weighted by Crippen LogP contribution is 2.31. The van der Waals surface area contributed by atoms with Gasteiger partial charge in [-0.3, -0.25) is 10.1 Å². The molecular weight excluding hydrogens is 284 g/mol. The molecular formula is C16H14N2O2S. The molecule has 4 nitrogen and oxygen atoms in total. The lowest BCUT2D eigenvalue weighted by molar-refractivity contribution is -0.384. The number of anilines is 1. The van der Waals surface area contributed by atoms with Crippen LogP contribution in [0.3, 0.4) is 0 Å². The fourth-order valence-electron chi connectivity index (χ4n) is 2.25. The number of non-ortho nitro benzene ring substituents is 1. The van der Waals surface area contributed by atoms with Crippen LogP contribution in [0.2, 0.25) is 0 Å². The van der Waals surface area contributed by atoms with E-state index in [0.717, 1.165) is 5.69 Å². The van der Waals surface area contributed by atoms with Gasteiger partial charge in [-0.25, -0.2) is 0 Å². The van der Waals surface area contributed by atoms with Crippen molar-refractivity contribution in [2.75, 3.05) is 5.32 Å². The molecule has 5 heteroatoms. The van der Waals surface area contributed by atoms with Gasteiger partial charge in [0.05, 0.1) is 11.0 Å². The summed E-state index contributed by atoms with van der Waals surface area (Å²) in [6, 6.07) is 17.1. The number of nitro benzene ring substituents is 1. The number of hydrogen-bond donors (Lipinski definition) is 1. The second-order valence-electron chi connectivity index (χ2n) is 4.86. The van der Waals surface area contributed by atoms with E-state index in [4.69, 9.17) is 0 Å². The Bertz CT molecular complexity index is 765. The molecule has 0 amide bonds. The van der Waals surface area contributed by atoms with Crippen LogP contribution in [0, 0.1) is 10.1 Å². The van der Waals surface area contributed by atoms with Crippen molar-refractivity contribution in [2.45, 2.75) is 13.0 Å². The summed E-state index contributed by atoms with van der Waals surface area (Å²) >= 11 is 1.74. The van der Waals surface area contributed by atoms with Gasteiger partial charge in [0, 0.05) is 27.4 Å². The summed E-state index contributed by atoms with van der Waals surface area (Å²) in [5, 5.41) is 15.4. The summed E-state index contributed by atoms with van der Waals surface area (Å²) in [6.45, 7) is 2.06.